The molecule has 0 aliphatic carbocycles. The fourth-order valence-electron chi connectivity index (χ4n) is 4.72. The van der Waals surface area contributed by atoms with Crippen LogP contribution in [0.15, 0.2) is 43.0 Å². The van der Waals surface area contributed by atoms with Crippen molar-refractivity contribution in [2.45, 2.75) is 52.1 Å². The van der Waals surface area contributed by atoms with Crippen LogP contribution in [0.3, 0.4) is 0 Å². The summed E-state index contributed by atoms with van der Waals surface area (Å²) in [4.78, 5) is 22.5. The number of hydrogen-bond donors (Lipinski definition) is 1. The predicted octanol–water partition coefficient (Wildman–Crippen LogP) is 6.33. The third-order valence-electron chi connectivity index (χ3n) is 6.48. The summed E-state index contributed by atoms with van der Waals surface area (Å²) in [5.74, 6) is -0.426. The Kier molecular flexibility index (Phi) is 6.02. The molecule has 1 fully saturated rings. The van der Waals surface area contributed by atoms with Crippen LogP contribution in [-0.4, -0.2) is 44.1 Å². The molecule has 0 unspecified atom stereocenters. The minimum absolute atomic E-state index is 0.129. The average molecular weight is 494 g/mol. The molecule has 1 N–H and O–H groups in total. The van der Waals surface area contributed by atoms with E-state index in [0.29, 0.717) is 30.0 Å². The largest absolute Gasteiger partial charge is 0.444 e. The summed E-state index contributed by atoms with van der Waals surface area (Å²) < 4.78 is 37.0. The standard InChI is InChI=1S/C27H29F2N5O2/c1-16-14-31-24(32-19-13-22(29)25-30-7-10-34(25)15-19)23-20(16)11-18(12-21(23)28)17-5-8-33(9-6-17)26(35)36-27(2,3)4/h7,10-15,17H,5-6,8-9H2,1-4H3,(H,31,32). The summed E-state index contributed by atoms with van der Waals surface area (Å²) in [5.41, 5.74) is 1.86. The number of aryl methyl sites for hydroxylation is 1. The van der Waals surface area contributed by atoms with E-state index in [-0.39, 0.29) is 23.5 Å². The zero-order valence-corrected chi connectivity index (χ0v) is 20.8. The number of imidazole rings is 1. The number of amides is 1. The quantitative estimate of drug-likeness (QED) is 0.361. The van der Waals surface area contributed by atoms with Gasteiger partial charge >= 0.3 is 6.09 Å². The van der Waals surface area contributed by atoms with E-state index in [0.717, 1.165) is 29.4 Å². The molecule has 0 bridgehead atoms. The van der Waals surface area contributed by atoms with E-state index in [1.54, 1.807) is 34.0 Å². The highest BCUT2D eigenvalue weighted by atomic mass is 19.1. The third kappa shape index (κ3) is 4.69. The van der Waals surface area contributed by atoms with Crippen LogP contribution in [0.5, 0.6) is 0 Å². The lowest BCUT2D eigenvalue weighted by molar-refractivity contribution is 0.0205. The number of nitrogens with one attached hydrogen (secondary N) is 1. The first-order valence-electron chi connectivity index (χ1n) is 12.0. The molecule has 36 heavy (non-hydrogen) atoms. The zero-order valence-electron chi connectivity index (χ0n) is 20.8. The van der Waals surface area contributed by atoms with Gasteiger partial charge in [0.15, 0.2) is 11.5 Å². The monoisotopic (exact) mass is 493 g/mol. The van der Waals surface area contributed by atoms with Crippen LogP contribution in [-0.2, 0) is 4.74 Å². The average Bonchev–Trinajstić information content (AvgIpc) is 3.29. The number of anilines is 2. The number of hydrogen-bond acceptors (Lipinski definition) is 5. The van der Waals surface area contributed by atoms with Crippen LogP contribution in [0.2, 0.25) is 0 Å². The maximum Gasteiger partial charge on any atom is 0.410 e. The molecule has 0 saturated carbocycles. The lowest BCUT2D eigenvalue weighted by atomic mass is 9.88. The lowest BCUT2D eigenvalue weighted by Gasteiger charge is -2.33. The number of pyridine rings is 2. The van der Waals surface area contributed by atoms with E-state index in [1.165, 1.54) is 12.3 Å². The van der Waals surface area contributed by atoms with E-state index >= 15 is 4.39 Å². The Morgan fingerprint density at radius 3 is 2.58 bits per heavy atom. The fourth-order valence-corrected chi connectivity index (χ4v) is 4.72. The second-order valence-corrected chi connectivity index (χ2v) is 10.3. The molecule has 188 valence electrons. The van der Waals surface area contributed by atoms with Gasteiger partial charge in [-0.25, -0.2) is 23.5 Å². The van der Waals surface area contributed by atoms with Crippen LogP contribution < -0.4 is 5.32 Å². The Bertz CT molecular complexity index is 1450. The van der Waals surface area contributed by atoms with Crippen molar-refractivity contribution >= 4 is 34.0 Å². The second-order valence-electron chi connectivity index (χ2n) is 10.3. The van der Waals surface area contributed by atoms with Crippen molar-refractivity contribution in [1.82, 2.24) is 19.3 Å². The first kappa shape index (κ1) is 24.0. The van der Waals surface area contributed by atoms with Gasteiger partial charge in [0.2, 0.25) is 0 Å². The van der Waals surface area contributed by atoms with Gasteiger partial charge < -0.3 is 19.4 Å². The Balaban J connectivity index is 1.40. The fraction of sp³-hybridized carbons (Fsp3) is 0.370. The molecular formula is C27H29F2N5O2. The van der Waals surface area contributed by atoms with Gasteiger partial charge in [0.1, 0.15) is 17.2 Å². The summed E-state index contributed by atoms with van der Waals surface area (Å²) in [6.45, 7) is 8.56. The van der Waals surface area contributed by atoms with Crippen LogP contribution in [0.4, 0.5) is 25.1 Å². The first-order valence-corrected chi connectivity index (χ1v) is 12.0. The molecule has 9 heteroatoms. The van der Waals surface area contributed by atoms with Gasteiger partial charge in [0.05, 0.1) is 11.1 Å². The van der Waals surface area contributed by atoms with Crippen LogP contribution in [0, 0.1) is 18.6 Å². The normalized spacial score (nSPS) is 15.0. The van der Waals surface area contributed by atoms with Gasteiger partial charge in [-0.15, -0.1) is 0 Å². The van der Waals surface area contributed by atoms with E-state index in [4.69, 9.17) is 4.74 Å². The number of fused-ring (bicyclic) bond motifs is 2. The molecule has 7 nitrogen and oxygen atoms in total. The number of nitrogens with zero attached hydrogens (tertiary/aromatic N) is 4. The van der Waals surface area contributed by atoms with E-state index in [1.807, 2.05) is 33.8 Å². The molecule has 1 aliphatic heterocycles. The van der Waals surface area contributed by atoms with Gasteiger partial charge in [0.25, 0.3) is 0 Å². The molecule has 5 rings (SSSR count). The number of carbonyl (C=O) groups excluding carboxylic acids is 1. The van der Waals surface area contributed by atoms with Crippen LogP contribution in [0.25, 0.3) is 16.4 Å². The highest BCUT2D eigenvalue weighted by molar-refractivity contribution is 5.96. The van der Waals surface area contributed by atoms with Crippen molar-refractivity contribution in [3.8, 4) is 0 Å². The lowest BCUT2D eigenvalue weighted by Crippen LogP contribution is -2.41. The van der Waals surface area contributed by atoms with Crippen molar-refractivity contribution in [3.63, 3.8) is 0 Å². The molecule has 0 spiro atoms. The van der Waals surface area contributed by atoms with E-state index in [2.05, 4.69) is 15.3 Å². The number of halogens is 2. The molecule has 0 atom stereocenters. The Morgan fingerprint density at radius 1 is 1.11 bits per heavy atom. The topological polar surface area (TPSA) is 71.8 Å². The maximum absolute atomic E-state index is 15.6. The second kappa shape index (κ2) is 9.04. The number of piperidine rings is 1. The Morgan fingerprint density at radius 2 is 1.86 bits per heavy atom. The summed E-state index contributed by atoms with van der Waals surface area (Å²) in [5, 5.41) is 4.18. The van der Waals surface area contributed by atoms with Gasteiger partial charge in [-0.2, -0.15) is 0 Å². The molecule has 1 amide bonds. The number of likely N-dealkylation sites (tertiary alicyclic amines) is 1. The minimum Gasteiger partial charge on any atom is -0.444 e. The summed E-state index contributed by atoms with van der Waals surface area (Å²) in [6, 6.07) is 4.89. The molecular weight excluding hydrogens is 464 g/mol. The first-order chi connectivity index (χ1) is 17.1. The number of benzene rings is 1. The molecule has 1 aromatic carbocycles. The van der Waals surface area contributed by atoms with Crippen LogP contribution in [0.1, 0.15) is 50.7 Å². The summed E-state index contributed by atoms with van der Waals surface area (Å²) in [7, 11) is 0. The van der Waals surface area contributed by atoms with Crippen molar-refractivity contribution in [2.24, 2.45) is 0 Å². The van der Waals surface area contributed by atoms with Crippen molar-refractivity contribution < 1.29 is 18.3 Å². The summed E-state index contributed by atoms with van der Waals surface area (Å²) in [6.07, 6.45) is 7.67. The van der Waals surface area contributed by atoms with Gasteiger partial charge in [-0.05, 0) is 69.0 Å². The SMILES string of the molecule is Cc1cnc(Nc2cc(F)c3nccn3c2)c2c(F)cc(C3CCN(C(=O)OC(C)(C)C)CC3)cc12. The number of rotatable bonds is 3. The molecule has 1 aliphatic rings. The molecule has 1 saturated heterocycles. The minimum atomic E-state index is -0.539. The Labute approximate surface area is 208 Å². The molecule has 4 heterocycles. The number of aromatic nitrogens is 3. The van der Waals surface area contributed by atoms with Gasteiger partial charge in [-0.3, -0.25) is 0 Å². The van der Waals surface area contributed by atoms with Crippen LogP contribution >= 0.6 is 0 Å². The van der Waals surface area contributed by atoms with Crippen molar-refractivity contribution in [2.75, 3.05) is 18.4 Å². The third-order valence-corrected chi connectivity index (χ3v) is 6.48. The molecule has 3 aromatic heterocycles. The smallest absolute Gasteiger partial charge is 0.410 e. The van der Waals surface area contributed by atoms with Gasteiger partial charge in [0, 0.05) is 43.9 Å². The number of ether oxygens (including phenoxy) is 1. The maximum atomic E-state index is 15.6. The molecule has 4 aromatic rings. The highest BCUT2D eigenvalue weighted by Gasteiger charge is 2.28. The zero-order chi connectivity index (χ0) is 25.6. The van der Waals surface area contributed by atoms with Crippen molar-refractivity contribution in [3.05, 3.63) is 65.7 Å². The predicted molar refractivity (Wildman–Crippen MR) is 135 cm³/mol. The van der Waals surface area contributed by atoms with Crippen molar-refractivity contribution in [1.29, 1.82) is 0 Å². The van der Waals surface area contributed by atoms with Gasteiger partial charge in [-0.1, -0.05) is 6.07 Å². The molecule has 0 radical (unpaired) electrons. The Hall–Kier alpha value is -3.75. The number of carbonyl (C=O) groups is 1. The summed E-state index contributed by atoms with van der Waals surface area (Å²) >= 11 is 0. The van der Waals surface area contributed by atoms with E-state index in [9.17, 15) is 9.18 Å². The van der Waals surface area contributed by atoms with E-state index < -0.39 is 11.4 Å². The highest BCUT2D eigenvalue weighted by Crippen LogP contribution is 2.36.